The average Bonchev–Trinajstić information content (AvgIpc) is 2.87. The zero-order chi connectivity index (χ0) is 24.1. The van der Waals surface area contributed by atoms with Gasteiger partial charge in [0.25, 0.3) is 0 Å². The maximum Gasteiger partial charge on any atom is 0.159 e. The first-order chi connectivity index (χ1) is 16.6. The summed E-state index contributed by atoms with van der Waals surface area (Å²) in [5, 5.41) is 0. The maximum atomic E-state index is 6.03. The second kappa shape index (κ2) is 14.7. The van der Waals surface area contributed by atoms with Gasteiger partial charge in [0.2, 0.25) is 0 Å². The Kier molecular flexibility index (Phi) is 11.6. The van der Waals surface area contributed by atoms with Gasteiger partial charge < -0.3 is 4.74 Å². The molecule has 1 aliphatic rings. The van der Waals surface area contributed by atoms with Crippen LogP contribution in [0.25, 0.3) is 11.4 Å². The fraction of sp³-hybridized carbons (Fsp3) is 0.667. The third-order valence-electron chi connectivity index (χ3n) is 7.83. The lowest BCUT2D eigenvalue weighted by Gasteiger charge is -2.35. The summed E-state index contributed by atoms with van der Waals surface area (Å²) >= 11 is 0. The monoisotopic (exact) mass is 480 g/mol. The normalized spacial score (nSPS) is 14.9. The highest BCUT2D eigenvalue weighted by Crippen LogP contribution is 2.39. The Morgan fingerprint density at radius 1 is 0.824 bits per heavy atom. The largest absolute Gasteiger partial charge is 0.494 e. The van der Waals surface area contributed by atoms with Crippen LogP contribution in [0, 0.1) is 0 Å². The molecule has 0 spiro atoms. The average molecular weight is 481 g/mol. The molecule has 3 rings (SSSR count). The van der Waals surface area contributed by atoms with Gasteiger partial charge in [-0.3, -0.25) is 0 Å². The van der Waals surface area contributed by atoms with E-state index < -0.39 is 8.07 Å². The number of hydrogen-bond acceptors (Lipinski definition) is 3. The second-order valence-electron chi connectivity index (χ2n) is 11.1. The fourth-order valence-corrected chi connectivity index (χ4v) is 8.94. The van der Waals surface area contributed by atoms with E-state index in [1.54, 1.807) is 0 Å². The van der Waals surface area contributed by atoms with Gasteiger partial charge in [0, 0.05) is 18.0 Å². The summed E-state index contributed by atoms with van der Waals surface area (Å²) in [6, 6.07) is 9.73. The quantitative estimate of drug-likeness (QED) is 0.188. The SMILES string of the molecule is CCCCCCCCc1cnc(-c2ccc(OCCCC[Si](C)(C)C3CCCCC3)cc2)nc1. The first-order valence-corrected chi connectivity index (χ1v) is 17.4. The minimum Gasteiger partial charge on any atom is -0.494 e. The molecule has 1 heterocycles. The van der Waals surface area contributed by atoms with Crippen LogP contribution in [-0.4, -0.2) is 24.6 Å². The van der Waals surface area contributed by atoms with E-state index in [9.17, 15) is 0 Å². The topological polar surface area (TPSA) is 35.0 Å². The van der Waals surface area contributed by atoms with Gasteiger partial charge in [-0.05, 0) is 54.6 Å². The Morgan fingerprint density at radius 2 is 1.50 bits per heavy atom. The Morgan fingerprint density at radius 3 is 2.21 bits per heavy atom. The lowest BCUT2D eigenvalue weighted by molar-refractivity contribution is 0.309. The molecule has 4 heteroatoms. The predicted octanol–water partition coefficient (Wildman–Crippen LogP) is 9.25. The summed E-state index contributed by atoms with van der Waals surface area (Å²) in [7, 11) is -1.07. The minimum absolute atomic E-state index is 0.799. The Hall–Kier alpha value is -1.68. The van der Waals surface area contributed by atoms with E-state index in [2.05, 4.69) is 54.3 Å². The third-order valence-corrected chi connectivity index (χ3v) is 12.3. The molecule has 0 aliphatic heterocycles. The van der Waals surface area contributed by atoms with Gasteiger partial charge in [-0.2, -0.15) is 0 Å². The summed E-state index contributed by atoms with van der Waals surface area (Å²) in [5.74, 6) is 1.75. The standard InChI is InChI=1S/C30H48N2OSi/c1-4-5-6-7-8-10-15-26-24-31-30(32-25-26)27-18-20-28(21-19-27)33-22-13-14-23-34(2,3)29-16-11-9-12-17-29/h18-21,24-25,29H,4-17,22-23H2,1-3H3. The number of ether oxygens (including phenoxy) is 1. The van der Waals surface area contributed by atoms with Crippen molar-refractivity contribution in [2.45, 2.75) is 121 Å². The Labute approximate surface area is 210 Å². The highest BCUT2D eigenvalue weighted by Gasteiger charge is 2.31. The van der Waals surface area contributed by atoms with Crippen LogP contribution >= 0.6 is 0 Å². The van der Waals surface area contributed by atoms with Crippen molar-refractivity contribution in [1.82, 2.24) is 9.97 Å². The molecule has 0 saturated heterocycles. The number of unbranched alkanes of at least 4 members (excludes halogenated alkanes) is 6. The Balaban J connectivity index is 1.34. The summed E-state index contributed by atoms with van der Waals surface area (Å²) in [6.45, 7) is 8.32. The molecule has 0 radical (unpaired) electrons. The summed E-state index contributed by atoms with van der Waals surface area (Å²) in [6.07, 6.45) is 22.9. The molecular weight excluding hydrogens is 432 g/mol. The number of benzene rings is 1. The minimum atomic E-state index is -1.07. The van der Waals surface area contributed by atoms with Crippen molar-refractivity contribution in [2.24, 2.45) is 0 Å². The number of hydrogen-bond donors (Lipinski definition) is 0. The van der Waals surface area contributed by atoms with E-state index in [1.165, 1.54) is 88.7 Å². The van der Waals surface area contributed by atoms with Gasteiger partial charge in [-0.1, -0.05) is 96.7 Å². The Bertz CT molecular complexity index is 798. The highest BCUT2D eigenvalue weighted by molar-refractivity contribution is 6.78. The summed E-state index contributed by atoms with van der Waals surface area (Å²) in [5.41, 5.74) is 3.36. The zero-order valence-electron chi connectivity index (χ0n) is 22.2. The van der Waals surface area contributed by atoms with Gasteiger partial charge in [-0.15, -0.1) is 0 Å². The van der Waals surface area contributed by atoms with E-state index in [0.29, 0.717) is 0 Å². The molecule has 0 N–H and O–H groups in total. The zero-order valence-corrected chi connectivity index (χ0v) is 23.2. The molecule has 0 amide bonds. The molecule has 34 heavy (non-hydrogen) atoms. The van der Waals surface area contributed by atoms with E-state index in [0.717, 1.165) is 42.1 Å². The molecule has 0 unspecified atom stereocenters. The molecule has 1 aromatic carbocycles. The fourth-order valence-electron chi connectivity index (χ4n) is 5.40. The van der Waals surface area contributed by atoms with Crippen LogP contribution in [0.3, 0.4) is 0 Å². The molecule has 3 nitrogen and oxygen atoms in total. The highest BCUT2D eigenvalue weighted by atomic mass is 28.3. The van der Waals surface area contributed by atoms with E-state index >= 15 is 0 Å². The molecular formula is C30H48N2OSi. The van der Waals surface area contributed by atoms with Gasteiger partial charge in [0.1, 0.15) is 5.75 Å². The van der Waals surface area contributed by atoms with Crippen molar-refractivity contribution in [3.63, 3.8) is 0 Å². The maximum absolute atomic E-state index is 6.03. The molecule has 2 aromatic rings. The van der Waals surface area contributed by atoms with Gasteiger partial charge in [-0.25, -0.2) is 9.97 Å². The van der Waals surface area contributed by atoms with Crippen LogP contribution < -0.4 is 4.74 Å². The lowest BCUT2D eigenvalue weighted by atomic mass is 10.0. The number of nitrogens with zero attached hydrogens (tertiary/aromatic N) is 2. The van der Waals surface area contributed by atoms with Crippen LogP contribution in [0.5, 0.6) is 5.75 Å². The van der Waals surface area contributed by atoms with Crippen molar-refractivity contribution in [3.8, 4) is 17.1 Å². The van der Waals surface area contributed by atoms with Crippen LogP contribution in [0.2, 0.25) is 24.7 Å². The van der Waals surface area contributed by atoms with Crippen molar-refractivity contribution in [3.05, 3.63) is 42.2 Å². The van der Waals surface area contributed by atoms with E-state index in [1.807, 2.05) is 12.4 Å². The van der Waals surface area contributed by atoms with Gasteiger partial charge >= 0.3 is 0 Å². The van der Waals surface area contributed by atoms with Crippen molar-refractivity contribution < 1.29 is 4.74 Å². The van der Waals surface area contributed by atoms with Crippen LogP contribution in [0.4, 0.5) is 0 Å². The van der Waals surface area contributed by atoms with Gasteiger partial charge in [0.05, 0.1) is 14.7 Å². The van der Waals surface area contributed by atoms with Crippen LogP contribution in [0.1, 0.15) is 96.0 Å². The first kappa shape index (κ1) is 26.9. The smallest absolute Gasteiger partial charge is 0.159 e. The molecule has 0 atom stereocenters. The lowest BCUT2D eigenvalue weighted by Crippen LogP contribution is -2.33. The summed E-state index contributed by atoms with van der Waals surface area (Å²) in [4.78, 5) is 9.21. The number of rotatable bonds is 15. The number of aromatic nitrogens is 2. The second-order valence-corrected chi connectivity index (χ2v) is 16.4. The van der Waals surface area contributed by atoms with Crippen LogP contribution in [0.15, 0.2) is 36.7 Å². The van der Waals surface area contributed by atoms with Crippen LogP contribution in [-0.2, 0) is 6.42 Å². The molecule has 1 fully saturated rings. The predicted molar refractivity (Wildman–Crippen MR) is 148 cm³/mol. The van der Waals surface area contributed by atoms with Crippen molar-refractivity contribution >= 4 is 8.07 Å². The summed E-state index contributed by atoms with van der Waals surface area (Å²) < 4.78 is 6.03. The van der Waals surface area contributed by atoms with Crippen molar-refractivity contribution in [1.29, 1.82) is 0 Å². The first-order valence-electron chi connectivity index (χ1n) is 14.1. The molecule has 1 aromatic heterocycles. The van der Waals surface area contributed by atoms with E-state index in [-0.39, 0.29) is 0 Å². The molecule has 1 aliphatic carbocycles. The molecule has 1 saturated carbocycles. The van der Waals surface area contributed by atoms with E-state index in [4.69, 9.17) is 4.74 Å². The molecule has 0 bridgehead atoms. The molecule has 188 valence electrons. The van der Waals surface area contributed by atoms with Crippen molar-refractivity contribution in [2.75, 3.05) is 6.61 Å². The van der Waals surface area contributed by atoms with Gasteiger partial charge in [0.15, 0.2) is 5.82 Å². The number of aryl methyl sites for hydroxylation is 1. The third kappa shape index (κ3) is 9.17.